The number of anilines is 1. The van der Waals surface area contributed by atoms with Crippen molar-refractivity contribution in [2.45, 2.75) is 26.4 Å². The number of benzene rings is 2. The average molecular weight is 450 g/mol. The highest BCUT2D eigenvalue weighted by molar-refractivity contribution is 5.76. The first kappa shape index (κ1) is 21.7. The lowest BCUT2D eigenvalue weighted by atomic mass is 10.0. The zero-order chi connectivity index (χ0) is 23.8. The fourth-order valence-electron chi connectivity index (χ4n) is 4.84. The Labute approximate surface area is 196 Å². The first-order valence-corrected chi connectivity index (χ1v) is 11.6. The molecule has 0 spiro atoms. The molecule has 5 rings (SSSR count). The lowest BCUT2D eigenvalue weighted by molar-refractivity contribution is -0.669. The summed E-state index contributed by atoms with van der Waals surface area (Å²) < 4.78 is 2.04. The van der Waals surface area contributed by atoms with Crippen molar-refractivity contribution in [3.63, 3.8) is 0 Å². The van der Waals surface area contributed by atoms with Gasteiger partial charge in [0, 0.05) is 35.8 Å². The van der Waals surface area contributed by atoms with E-state index >= 15 is 0 Å². The van der Waals surface area contributed by atoms with Crippen LogP contribution in [0.2, 0.25) is 0 Å². The predicted molar refractivity (Wildman–Crippen MR) is 137 cm³/mol. The maximum atomic E-state index is 13.3. The zero-order valence-electron chi connectivity index (χ0n) is 19.2. The number of likely N-dealkylation sites (N-methyl/N-ethyl adjacent to an activating group) is 1. The Bertz CT molecular complexity index is 1710. The van der Waals surface area contributed by atoms with Gasteiger partial charge in [-0.1, -0.05) is 42.5 Å². The smallest absolute Gasteiger partial charge is 0.237 e. The highest BCUT2D eigenvalue weighted by Crippen LogP contribution is 2.28. The van der Waals surface area contributed by atoms with Gasteiger partial charge in [0.05, 0.1) is 16.5 Å². The molecule has 168 valence electrons. The summed E-state index contributed by atoms with van der Waals surface area (Å²) >= 11 is 0. The van der Waals surface area contributed by atoms with Gasteiger partial charge in [-0.3, -0.25) is 14.4 Å². The van der Waals surface area contributed by atoms with E-state index in [9.17, 15) is 14.4 Å². The molecule has 1 unspecified atom stereocenters. The van der Waals surface area contributed by atoms with Gasteiger partial charge in [0.1, 0.15) is 6.54 Å². The number of hydrogen-bond donors (Lipinski definition) is 0. The molecule has 5 nitrogen and oxygen atoms in total. The van der Waals surface area contributed by atoms with Gasteiger partial charge in [-0.25, -0.2) is 0 Å². The van der Waals surface area contributed by atoms with Crippen LogP contribution in [0.15, 0.2) is 81.1 Å². The van der Waals surface area contributed by atoms with Crippen molar-refractivity contribution in [1.29, 1.82) is 0 Å². The third kappa shape index (κ3) is 3.50. The molecule has 5 heteroatoms. The fraction of sp³-hybridized carbons (Fsp3) is 0.172. The number of fused-ring (bicyclic) bond motifs is 2. The van der Waals surface area contributed by atoms with E-state index in [0.717, 1.165) is 22.2 Å². The Morgan fingerprint density at radius 3 is 2.38 bits per heavy atom. The van der Waals surface area contributed by atoms with E-state index in [1.54, 1.807) is 12.2 Å². The minimum atomic E-state index is -0.740. The Morgan fingerprint density at radius 1 is 0.853 bits per heavy atom. The van der Waals surface area contributed by atoms with E-state index < -0.39 is 16.3 Å². The van der Waals surface area contributed by atoms with E-state index in [-0.39, 0.29) is 16.5 Å². The molecule has 4 aromatic rings. The van der Waals surface area contributed by atoms with Crippen molar-refractivity contribution in [3.8, 4) is 0 Å². The van der Waals surface area contributed by atoms with Gasteiger partial charge in [-0.2, -0.15) is 4.57 Å². The van der Waals surface area contributed by atoms with Crippen molar-refractivity contribution < 1.29 is 4.57 Å². The van der Waals surface area contributed by atoms with E-state index in [2.05, 4.69) is 4.90 Å². The number of nitrogens with zero attached hydrogens (tertiary/aromatic N) is 2. The zero-order valence-corrected chi connectivity index (χ0v) is 19.2. The second kappa shape index (κ2) is 8.67. The van der Waals surface area contributed by atoms with Gasteiger partial charge in [0.25, 0.3) is 0 Å². The summed E-state index contributed by atoms with van der Waals surface area (Å²) in [4.78, 5) is 41.1. The molecule has 1 aliphatic rings. The van der Waals surface area contributed by atoms with Crippen LogP contribution in [0.25, 0.3) is 29.1 Å². The highest BCUT2D eigenvalue weighted by atomic mass is 16.2. The van der Waals surface area contributed by atoms with E-state index in [0.29, 0.717) is 18.8 Å². The Balaban J connectivity index is 1.68. The number of para-hydroxylation sites is 2. The molecule has 0 fully saturated rings. The Hall–Kier alpha value is -4.12. The van der Waals surface area contributed by atoms with Crippen molar-refractivity contribution in [2.75, 3.05) is 11.4 Å². The van der Waals surface area contributed by atoms with Crippen LogP contribution in [0.5, 0.6) is 0 Å². The van der Waals surface area contributed by atoms with E-state index in [1.165, 1.54) is 0 Å². The number of rotatable bonds is 4. The van der Waals surface area contributed by atoms with Crippen molar-refractivity contribution in [1.82, 2.24) is 0 Å². The topological polar surface area (TPSA) is 58.3 Å². The second-order valence-electron chi connectivity index (χ2n) is 8.38. The minimum absolute atomic E-state index is 0.0485. The van der Waals surface area contributed by atoms with E-state index in [4.69, 9.17) is 0 Å². The third-order valence-electron chi connectivity index (χ3n) is 6.52. The van der Waals surface area contributed by atoms with Crippen LogP contribution in [-0.4, -0.2) is 12.6 Å². The molecule has 0 radical (unpaired) electrons. The Morgan fingerprint density at radius 2 is 1.59 bits per heavy atom. The molecule has 0 saturated heterocycles. The molecule has 0 amide bonds. The van der Waals surface area contributed by atoms with Crippen LogP contribution in [0.4, 0.5) is 5.69 Å². The summed E-state index contributed by atoms with van der Waals surface area (Å²) in [5, 5.41) is 0.945. The first-order valence-electron chi connectivity index (χ1n) is 11.6. The summed E-state index contributed by atoms with van der Waals surface area (Å²) in [6.07, 6.45) is 7.14. The molecule has 0 saturated carbocycles. The number of aryl methyl sites for hydroxylation is 1. The molecule has 3 aromatic carbocycles. The highest BCUT2D eigenvalue weighted by Gasteiger charge is 2.21. The lowest BCUT2D eigenvalue weighted by Gasteiger charge is -2.33. The second-order valence-corrected chi connectivity index (χ2v) is 8.38. The van der Waals surface area contributed by atoms with Gasteiger partial charge >= 0.3 is 0 Å². The number of aromatic nitrogens is 1. The molecule has 1 aliphatic heterocycles. The van der Waals surface area contributed by atoms with E-state index in [1.807, 2.05) is 91.2 Å². The number of pyridine rings is 1. The average Bonchev–Trinajstić information content (AvgIpc) is 3.06. The van der Waals surface area contributed by atoms with Crippen LogP contribution in [0, 0.1) is 0 Å². The van der Waals surface area contributed by atoms with Crippen molar-refractivity contribution in [2.24, 2.45) is 0 Å². The Kier molecular flexibility index (Phi) is 5.54. The van der Waals surface area contributed by atoms with Gasteiger partial charge in [-0.05, 0) is 43.7 Å². The number of hydrogen-bond acceptors (Lipinski definition) is 4. The molecule has 34 heavy (non-hydrogen) atoms. The summed E-state index contributed by atoms with van der Waals surface area (Å²) in [5.74, 6) is 0. The summed E-state index contributed by atoms with van der Waals surface area (Å²) in [6.45, 7) is 5.40. The van der Waals surface area contributed by atoms with Gasteiger partial charge in [0.2, 0.25) is 27.5 Å². The molecule has 0 aliphatic carbocycles. The molecular formula is C29H25N2O3+. The van der Waals surface area contributed by atoms with Crippen LogP contribution in [-0.2, 0) is 6.54 Å². The first-order chi connectivity index (χ1) is 16.5. The van der Waals surface area contributed by atoms with Gasteiger partial charge < -0.3 is 4.90 Å². The maximum absolute atomic E-state index is 13.3. The monoisotopic (exact) mass is 449 g/mol. The van der Waals surface area contributed by atoms with Crippen LogP contribution < -0.4 is 36.2 Å². The largest absolute Gasteiger partial charge is 0.361 e. The van der Waals surface area contributed by atoms with Crippen LogP contribution in [0.1, 0.15) is 25.1 Å². The fourth-order valence-corrected chi connectivity index (χ4v) is 4.84. The molecule has 1 aromatic heterocycles. The molecule has 2 heterocycles. The quantitative estimate of drug-likeness (QED) is 0.351. The summed E-state index contributed by atoms with van der Waals surface area (Å²) in [7, 11) is 0. The van der Waals surface area contributed by atoms with Crippen molar-refractivity contribution >= 4 is 34.8 Å². The molecule has 0 N–H and O–H groups in total. The normalized spacial score (nSPS) is 16.4. The summed E-state index contributed by atoms with van der Waals surface area (Å²) in [6, 6.07) is 19.5. The third-order valence-corrected chi connectivity index (χ3v) is 6.52. The predicted octanol–water partition coefficient (Wildman–Crippen LogP) is 1.63. The maximum Gasteiger partial charge on any atom is 0.237 e. The van der Waals surface area contributed by atoms with Gasteiger partial charge in [-0.15, -0.1) is 0 Å². The summed E-state index contributed by atoms with van der Waals surface area (Å²) in [5.41, 5.74) is 1.86. The molecular weight excluding hydrogens is 424 g/mol. The van der Waals surface area contributed by atoms with Gasteiger partial charge in [0.15, 0.2) is 0 Å². The van der Waals surface area contributed by atoms with Crippen LogP contribution >= 0.6 is 0 Å². The SMILES string of the molecule is CCN1c2ccccc2C=CC1/C=c1\c(=O)c(=O)/c(=C\c2ccc3ccccc3[n+]2CC)c1=O. The minimum Gasteiger partial charge on any atom is -0.361 e. The van der Waals surface area contributed by atoms with Crippen molar-refractivity contribution in [3.05, 3.63) is 119 Å². The standard InChI is InChI=1S/C29H25N2O3/c1-3-30-21(15-13-19-9-5-7-11-25(19)30)17-23-27(32)24(29(34)28(23)33)18-22-16-14-20-10-6-8-12-26(20)31(22)4-2/h5-18,21H,3-4H2,1-2H3/q+1/b23-17-,24-18-. The lowest BCUT2D eigenvalue weighted by Crippen LogP contribution is -2.42. The molecule has 1 atom stereocenters. The van der Waals surface area contributed by atoms with Crippen LogP contribution in [0.3, 0.4) is 0 Å². The molecule has 0 bridgehead atoms.